The van der Waals surface area contributed by atoms with Gasteiger partial charge >= 0.3 is 0 Å². The second kappa shape index (κ2) is 5.61. The van der Waals surface area contributed by atoms with Gasteiger partial charge in [-0.05, 0) is 12.1 Å². The summed E-state index contributed by atoms with van der Waals surface area (Å²) in [6, 6.07) is 12.5. The molecule has 0 atom stereocenters. The smallest absolute Gasteiger partial charge is 0.131 e. The Bertz CT molecular complexity index is 595. The average molecular weight is 300 g/mol. The van der Waals surface area contributed by atoms with Gasteiger partial charge in [-0.2, -0.15) is 0 Å². The van der Waals surface area contributed by atoms with Crippen LogP contribution in [0.1, 0.15) is 5.56 Å². The average Bonchev–Trinajstić information content (AvgIpc) is 2.37. The fourth-order valence-corrected chi connectivity index (χ4v) is 1.98. The van der Waals surface area contributed by atoms with Crippen molar-refractivity contribution >= 4 is 46.3 Å². The van der Waals surface area contributed by atoms with Crippen LogP contribution in [0.3, 0.4) is 0 Å². The predicted molar refractivity (Wildman–Crippen MR) is 78.3 cm³/mol. The van der Waals surface area contributed by atoms with Crippen LogP contribution < -0.4 is 5.73 Å². The molecule has 0 fully saturated rings. The molecule has 0 aliphatic rings. The van der Waals surface area contributed by atoms with Crippen LogP contribution >= 0.6 is 34.8 Å². The summed E-state index contributed by atoms with van der Waals surface area (Å²) in [7, 11) is 0. The van der Waals surface area contributed by atoms with E-state index in [1.807, 2.05) is 30.3 Å². The molecule has 0 heterocycles. The molecular weight excluding hydrogens is 291 g/mol. The van der Waals surface area contributed by atoms with Crippen molar-refractivity contribution in [2.45, 2.75) is 0 Å². The molecule has 2 aromatic rings. The minimum Gasteiger partial charge on any atom is -0.383 e. The van der Waals surface area contributed by atoms with Crippen molar-refractivity contribution in [3.05, 3.63) is 63.1 Å². The fourth-order valence-electron chi connectivity index (χ4n) is 1.40. The highest BCUT2D eigenvalue weighted by atomic mass is 35.5. The van der Waals surface area contributed by atoms with Gasteiger partial charge < -0.3 is 5.73 Å². The summed E-state index contributed by atoms with van der Waals surface area (Å²) in [5.74, 6) is 0.371. The standard InChI is InChI=1S/C13H9Cl3N2/c14-9-6-11(16)12(7-10(9)15)18-13(17)8-4-2-1-3-5-8/h1-7H,(H2,17,18). The summed E-state index contributed by atoms with van der Waals surface area (Å²) in [6.07, 6.45) is 0. The maximum Gasteiger partial charge on any atom is 0.131 e. The first-order chi connectivity index (χ1) is 8.58. The lowest BCUT2D eigenvalue weighted by Crippen LogP contribution is -2.12. The molecule has 18 heavy (non-hydrogen) atoms. The lowest BCUT2D eigenvalue weighted by Gasteiger charge is -2.04. The van der Waals surface area contributed by atoms with Gasteiger partial charge in [-0.3, -0.25) is 0 Å². The number of benzene rings is 2. The number of rotatable bonds is 2. The van der Waals surface area contributed by atoms with Gasteiger partial charge in [0.15, 0.2) is 0 Å². The molecule has 0 saturated carbocycles. The van der Waals surface area contributed by atoms with Crippen molar-refractivity contribution in [3.63, 3.8) is 0 Å². The van der Waals surface area contributed by atoms with Crippen LogP contribution in [0, 0.1) is 0 Å². The van der Waals surface area contributed by atoms with E-state index in [0.717, 1.165) is 5.56 Å². The molecule has 0 spiro atoms. The number of amidine groups is 1. The van der Waals surface area contributed by atoms with Gasteiger partial charge in [0, 0.05) is 5.56 Å². The topological polar surface area (TPSA) is 38.4 Å². The predicted octanol–water partition coefficient (Wildman–Crippen LogP) is 4.68. The lowest BCUT2D eigenvalue weighted by molar-refractivity contribution is 1.45. The molecule has 0 radical (unpaired) electrons. The third kappa shape index (κ3) is 2.96. The van der Waals surface area contributed by atoms with Crippen molar-refractivity contribution < 1.29 is 0 Å². The minimum atomic E-state index is 0.371. The van der Waals surface area contributed by atoms with E-state index in [0.29, 0.717) is 26.6 Å². The molecule has 92 valence electrons. The first-order valence-corrected chi connectivity index (χ1v) is 6.25. The molecule has 0 amide bonds. The van der Waals surface area contributed by atoms with Crippen LogP contribution in [0.5, 0.6) is 0 Å². The Kier molecular flexibility index (Phi) is 4.12. The van der Waals surface area contributed by atoms with E-state index < -0.39 is 0 Å². The third-order valence-corrected chi connectivity index (χ3v) is 3.33. The van der Waals surface area contributed by atoms with Crippen LogP contribution in [-0.2, 0) is 0 Å². The molecule has 5 heteroatoms. The highest BCUT2D eigenvalue weighted by Crippen LogP contribution is 2.34. The van der Waals surface area contributed by atoms with Crippen molar-refractivity contribution in [2.24, 2.45) is 10.7 Å². The van der Waals surface area contributed by atoms with Gasteiger partial charge in [0.05, 0.1) is 20.8 Å². The molecule has 2 rings (SSSR count). The normalized spacial score (nSPS) is 11.6. The Morgan fingerprint density at radius 3 is 2.17 bits per heavy atom. The van der Waals surface area contributed by atoms with Gasteiger partial charge in [0.2, 0.25) is 0 Å². The van der Waals surface area contributed by atoms with E-state index in [-0.39, 0.29) is 0 Å². The minimum absolute atomic E-state index is 0.371. The Balaban J connectivity index is 2.42. The molecule has 0 aromatic heterocycles. The van der Waals surface area contributed by atoms with E-state index in [2.05, 4.69) is 4.99 Å². The highest BCUT2D eigenvalue weighted by molar-refractivity contribution is 6.44. The van der Waals surface area contributed by atoms with Gasteiger partial charge in [-0.25, -0.2) is 4.99 Å². The number of hydrogen-bond acceptors (Lipinski definition) is 1. The summed E-state index contributed by atoms with van der Waals surface area (Å²) < 4.78 is 0. The zero-order chi connectivity index (χ0) is 13.1. The summed E-state index contributed by atoms with van der Waals surface area (Å²) in [6.45, 7) is 0. The molecule has 2 aromatic carbocycles. The molecule has 2 N–H and O–H groups in total. The highest BCUT2D eigenvalue weighted by Gasteiger charge is 2.06. The zero-order valence-corrected chi connectivity index (χ0v) is 11.5. The van der Waals surface area contributed by atoms with E-state index in [1.165, 1.54) is 0 Å². The molecule has 0 aliphatic heterocycles. The Hall–Kier alpha value is -1.22. The summed E-state index contributed by atoms with van der Waals surface area (Å²) in [4.78, 5) is 4.25. The molecule has 0 unspecified atom stereocenters. The van der Waals surface area contributed by atoms with E-state index in [1.54, 1.807) is 12.1 Å². The number of aliphatic imine (C=N–C) groups is 1. The quantitative estimate of drug-likeness (QED) is 0.488. The molecular formula is C13H9Cl3N2. The number of nitrogens with two attached hydrogens (primary N) is 1. The van der Waals surface area contributed by atoms with Crippen LogP contribution in [0.25, 0.3) is 0 Å². The number of halogens is 3. The second-order valence-electron chi connectivity index (χ2n) is 3.58. The Labute approximate surface area is 120 Å². The second-order valence-corrected chi connectivity index (χ2v) is 4.80. The van der Waals surface area contributed by atoms with Crippen LogP contribution in [0.2, 0.25) is 15.1 Å². The first kappa shape index (κ1) is 13.2. The van der Waals surface area contributed by atoms with Crippen molar-refractivity contribution in [2.75, 3.05) is 0 Å². The summed E-state index contributed by atoms with van der Waals surface area (Å²) in [5, 5.41) is 1.18. The molecule has 0 bridgehead atoms. The van der Waals surface area contributed by atoms with E-state index in [4.69, 9.17) is 40.5 Å². The van der Waals surface area contributed by atoms with Crippen molar-refractivity contribution in [3.8, 4) is 0 Å². The largest absolute Gasteiger partial charge is 0.383 e. The van der Waals surface area contributed by atoms with Gasteiger partial charge in [0.25, 0.3) is 0 Å². The van der Waals surface area contributed by atoms with Crippen molar-refractivity contribution in [1.29, 1.82) is 0 Å². The van der Waals surface area contributed by atoms with E-state index in [9.17, 15) is 0 Å². The third-order valence-electron chi connectivity index (χ3n) is 2.30. The molecule has 2 nitrogen and oxygen atoms in total. The summed E-state index contributed by atoms with van der Waals surface area (Å²) in [5.41, 5.74) is 7.21. The SMILES string of the molecule is NC(=Nc1cc(Cl)c(Cl)cc1Cl)c1ccccc1. The van der Waals surface area contributed by atoms with Crippen LogP contribution in [0.15, 0.2) is 47.5 Å². The maximum atomic E-state index is 6.03. The molecule has 0 aliphatic carbocycles. The van der Waals surface area contributed by atoms with Crippen LogP contribution in [0.4, 0.5) is 5.69 Å². The Morgan fingerprint density at radius 2 is 1.50 bits per heavy atom. The summed E-state index contributed by atoms with van der Waals surface area (Å²) >= 11 is 17.8. The van der Waals surface area contributed by atoms with Gasteiger partial charge in [-0.1, -0.05) is 65.1 Å². The van der Waals surface area contributed by atoms with Crippen molar-refractivity contribution in [1.82, 2.24) is 0 Å². The monoisotopic (exact) mass is 298 g/mol. The Morgan fingerprint density at radius 1 is 0.889 bits per heavy atom. The lowest BCUT2D eigenvalue weighted by atomic mass is 10.2. The zero-order valence-electron chi connectivity index (χ0n) is 9.20. The van der Waals surface area contributed by atoms with Gasteiger partial charge in [-0.15, -0.1) is 0 Å². The number of nitrogens with zero attached hydrogens (tertiary/aromatic N) is 1. The van der Waals surface area contributed by atoms with E-state index >= 15 is 0 Å². The first-order valence-electron chi connectivity index (χ1n) is 5.12. The van der Waals surface area contributed by atoms with Gasteiger partial charge in [0.1, 0.15) is 5.84 Å². The molecule has 0 saturated heterocycles. The number of hydrogen-bond donors (Lipinski definition) is 1. The fraction of sp³-hybridized carbons (Fsp3) is 0. The maximum absolute atomic E-state index is 6.03. The van der Waals surface area contributed by atoms with Crippen LogP contribution in [-0.4, -0.2) is 5.84 Å².